The highest BCUT2D eigenvalue weighted by atomic mass is 35.5. The maximum atomic E-state index is 13.1. The Bertz CT molecular complexity index is 828. The normalized spacial score (nSPS) is 20.9. The first-order valence-electron chi connectivity index (χ1n) is 10.2. The highest BCUT2D eigenvalue weighted by Gasteiger charge is 2.36. The highest BCUT2D eigenvalue weighted by molar-refractivity contribution is 6.30. The molecule has 0 aromatic carbocycles. The van der Waals surface area contributed by atoms with Crippen LogP contribution in [0.5, 0.6) is 0 Å². The Morgan fingerprint density at radius 2 is 1.93 bits per heavy atom. The molecule has 1 amide bonds. The number of piperidine rings is 1. The molecule has 2 aliphatic heterocycles. The zero-order chi connectivity index (χ0) is 19.7. The summed E-state index contributed by atoms with van der Waals surface area (Å²) in [5, 5.41) is 4.94. The number of carbonyl (C=O) groups excluding carboxylic acids is 1. The molecule has 2 aromatic heterocycles. The number of anilines is 1. The van der Waals surface area contributed by atoms with Crippen molar-refractivity contribution in [1.82, 2.24) is 19.7 Å². The van der Waals surface area contributed by atoms with Crippen LogP contribution in [0, 0.1) is 11.8 Å². The fraction of sp³-hybridized carbons (Fsp3) is 0.571. The number of hydrogen-bond acceptors (Lipinski definition) is 4. The van der Waals surface area contributed by atoms with Crippen molar-refractivity contribution >= 4 is 23.2 Å². The first-order valence-corrected chi connectivity index (χ1v) is 10.6. The van der Waals surface area contributed by atoms with E-state index in [0.29, 0.717) is 22.9 Å². The molecule has 1 atom stereocenters. The number of carbonyl (C=O) groups is 1. The first kappa shape index (κ1) is 19.2. The summed E-state index contributed by atoms with van der Waals surface area (Å²) in [6, 6.07) is 2.37. The van der Waals surface area contributed by atoms with Gasteiger partial charge in [-0.05, 0) is 37.7 Å². The monoisotopic (exact) mass is 401 g/mol. The van der Waals surface area contributed by atoms with E-state index in [1.807, 2.05) is 12.3 Å². The molecule has 0 radical (unpaired) electrons. The Kier molecular flexibility index (Phi) is 5.58. The van der Waals surface area contributed by atoms with Crippen molar-refractivity contribution in [1.29, 1.82) is 0 Å². The summed E-state index contributed by atoms with van der Waals surface area (Å²) in [7, 11) is 0. The molecule has 0 N–H and O–H groups in total. The molecule has 0 aliphatic carbocycles. The van der Waals surface area contributed by atoms with Crippen LogP contribution in [-0.2, 0) is 4.79 Å². The van der Waals surface area contributed by atoms with Gasteiger partial charge < -0.3 is 9.80 Å². The third-order valence-corrected chi connectivity index (χ3v) is 6.31. The van der Waals surface area contributed by atoms with Gasteiger partial charge in [0.05, 0.1) is 28.8 Å². The van der Waals surface area contributed by atoms with Gasteiger partial charge in [-0.1, -0.05) is 25.4 Å². The predicted molar refractivity (Wildman–Crippen MR) is 111 cm³/mol. The van der Waals surface area contributed by atoms with Crippen LogP contribution < -0.4 is 4.90 Å². The largest absolute Gasteiger partial charge is 0.368 e. The minimum Gasteiger partial charge on any atom is -0.368 e. The number of amides is 1. The summed E-state index contributed by atoms with van der Waals surface area (Å²) < 4.78 is 1.79. The lowest BCUT2D eigenvalue weighted by molar-refractivity contribution is -0.137. The van der Waals surface area contributed by atoms with Crippen LogP contribution in [0.2, 0.25) is 5.02 Å². The second-order valence-electron chi connectivity index (χ2n) is 8.21. The van der Waals surface area contributed by atoms with Gasteiger partial charge in [0.15, 0.2) is 0 Å². The van der Waals surface area contributed by atoms with E-state index in [2.05, 4.69) is 33.7 Å². The van der Waals surface area contributed by atoms with Gasteiger partial charge in [0.25, 0.3) is 0 Å². The summed E-state index contributed by atoms with van der Waals surface area (Å²) >= 11 is 6.04. The SMILES string of the molecule is CC(C)C1CCCN1C(=O)C1CCN(c2cnccc2-n2cc(Cl)cn2)CC1. The molecule has 1 unspecified atom stereocenters. The van der Waals surface area contributed by atoms with Crippen molar-refractivity contribution in [3.8, 4) is 5.69 Å². The number of nitrogens with zero attached hydrogens (tertiary/aromatic N) is 5. The van der Waals surface area contributed by atoms with E-state index < -0.39 is 0 Å². The molecule has 150 valence electrons. The van der Waals surface area contributed by atoms with Gasteiger partial charge in [0, 0.05) is 44.0 Å². The molecule has 0 saturated carbocycles. The van der Waals surface area contributed by atoms with Gasteiger partial charge in [-0.3, -0.25) is 9.78 Å². The van der Waals surface area contributed by atoms with Crippen molar-refractivity contribution in [3.05, 3.63) is 35.9 Å². The number of aromatic nitrogens is 3. The molecule has 2 fully saturated rings. The number of hydrogen-bond donors (Lipinski definition) is 0. The van der Waals surface area contributed by atoms with E-state index in [1.165, 1.54) is 0 Å². The first-order chi connectivity index (χ1) is 13.5. The highest BCUT2D eigenvalue weighted by Crippen LogP contribution is 2.31. The molecule has 7 heteroatoms. The molecule has 2 aliphatic rings. The van der Waals surface area contributed by atoms with Gasteiger partial charge >= 0.3 is 0 Å². The fourth-order valence-corrected chi connectivity index (χ4v) is 4.75. The number of likely N-dealkylation sites (tertiary alicyclic amines) is 1. The lowest BCUT2D eigenvalue weighted by Gasteiger charge is -2.37. The zero-order valence-corrected chi connectivity index (χ0v) is 17.3. The van der Waals surface area contributed by atoms with E-state index in [1.54, 1.807) is 23.3 Å². The molecule has 0 bridgehead atoms. The summed E-state index contributed by atoms with van der Waals surface area (Å²) in [5.74, 6) is 1.03. The summed E-state index contributed by atoms with van der Waals surface area (Å²) in [5.41, 5.74) is 2.00. The average Bonchev–Trinajstić information content (AvgIpc) is 3.37. The van der Waals surface area contributed by atoms with Crippen molar-refractivity contribution in [2.24, 2.45) is 11.8 Å². The molecule has 0 spiro atoms. The van der Waals surface area contributed by atoms with Crippen LogP contribution in [0.15, 0.2) is 30.9 Å². The van der Waals surface area contributed by atoms with E-state index in [9.17, 15) is 4.79 Å². The van der Waals surface area contributed by atoms with E-state index in [4.69, 9.17) is 11.6 Å². The predicted octanol–water partition coefficient (Wildman–Crippen LogP) is 3.78. The minimum atomic E-state index is 0.134. The smallest absolute Gasteiger partial charge is 0.226 e. The number of pyridine rings is 1. The summed E-state index contributed by atoms with van der Waals surface area (Å²) in [6.07, 6.45) is 11.1. The molecule has 4 heterocycles. The number of halogens is 1. The van der Waals surface area contributed by atoms with Gasteiger partial charge in [-0.15, -0.1) is 0 Å². The molecular weight excluding hydrogens is 374 g/mol. The van der Waals surface area contributed by atoms with Gasteiger partial charge in [-0.25, -0.2) is 4.68 Å². The zero-order valence-electron chi connectivity index (χ0n) is 16.6. The van der Waals surface area contributed by atoms with Gasteiger partial charge in [0.2, 0.25) is 5.91 Å². The Morgan fingerprint density at radius 3 is 2.61 bits per heavy atom. The van der Waals surface area contributed by atoms with Crippen LogP contribution in [0.3, 0.4) is 0 Å². The van der Waals surface area contributed by atoms with Crippen LogP contribution in [-0.4, -0.2) is 51.2 Å². The van der Waals surface area contributed by atoms with Crippen LogP contribution in [0.1, 0.15) is 39.5 Å². The van der Waals surface area contributed by atoms with Crippen molar-refractivity contribution in [3.63, 3.8) is 0 Å². The third-order valence-electron chi connectivity index (χ3n) is 6.11. The Morgan fingerprint density at radius 1 is 1.14 bits per heavy atom. The lowest BCUT2D eigenvalue weighted by Crippen LogP contribution is -2.45. The number of rotatable bonds is 4. The van der Waals surface area contributed by atoms with Gasteiger partial charge in [0.1, 0.15) is 0 Å². The topological polar surface area (TPSA) is 54.3 Å². The maximum absolute atomic E-state index is 13.1. The Balaban J connectivity index is 1.45. The second-order valence-corrected chi connectivity index (χ2v) is 8.65. The fourth-order valence-electron chi connectivity index (χ4n) is 4.61. The molecule has 4 rings (SSSR count). The standard InChI is InChI=1S/C21H28ClN5O/c1-15(2)18-4-3-9-26(18)21(28)16-6-10-25(11-7-16)20-13-23-8-5-19(20)27-14-17(22)12-24-27/h5,8,12-16,18H,3-4,6-7,9-11H2,1-2H3. The van der Waals surface area contributed by atoms with Gasteiger partial charge in [-0.2, -0.15) is 5.10 Å². The summed E-state index contributed by atoms with van der Waals surface area (Å²) in [4.78, 5) is 21.9. The maximum Gasteiger partial charge on any atom is 0.226 e. The van der Waals surface area contributed by atoms with Crippen molar-refractivity contribution in [2.75, 3.05) is 24.5 Å². The van der Waals surface area contributed by atoms with Crippen LogP contribution in [0.25, 0.3) is 5.69 Å². The summed E-state index contributed by atoms with van der Waals surface area (Å²) in [6.45, 7) is 7.08. The average molecular weight is 402 g/mol. The molecule has 28 heavy (non-hydrogen) atoms. The van der Waals surface area contributed by atoms with E-state index in [0.717, 1.165) is 56.7 Å². The van der Waals surface area contributed by atoms with Crippen LogP contribution in [0.4, 0.5) is 5.69 Å². The molecule has 2 aromatic rings. The quantitative estimate of drug-likeness (QED) is 0.782. The Labute approximate surface area is 171 Å². The van der Waals surface area contributed by atoms with E-state index >= 15 is 0 Å². The molecular formula is C21H28ClN5O. The van der Waals surface area contributed by atoms with Crippen molar-refractivity contribution in [2.45, 2.75) is 45.6 Å². The molecule has 2 saturated heterocycles. The second kappa shape index (κ2) is 8.11. The Hall–Kier alpha value is -2.08. The lowest BCUT2D eigenvalue weighted by atomic mass is 9.93. The minimum absolute atomic E-state index is 0.134. The third kappa shape index (κ3) is 3.75. The van der Waals surface area contributed by atoms with Crippen LogP contribution >= 0.6 is 11.6 Å². The molecule has 6 nitrogen and oxygen atoms in total. The van der Waals surface area contributed by atoms with E-state index in [-0.39, 0.29) is 5.92 Å². The van der Waals surface area contributed by atoms with Crippen molar-refractivity contribution < 1.29 is 4.79 Å².